The van der Waals surface area contributed by atoms with Crippen LogP contribution < -0.4 is 0 Å². The normalized spacial score (nSPS) is 13.4. The summed E-state index contributed by atoms with van der Waals surface area (Å²) in [5.41, 5.74) is 12.9. The molecule has 0 amide bonds. The van der Waals surface area contributed by atoms with Crippen molar-refractivity contribution in [3.8, 4) is 56.2 Å². The molecule has 0 saturated carbocycles. The van der Waals surface area contributed by atoms with Gasteiger partial charge in [0.15, 0.2) is 11.6 Å². The van der Waals surface area contributed by atoms with E-state index in [0.717, 1.165) is 61.1 Å². The molecule has 0 fully saturated rings. The minimum atomic E-state index is -0.183. The van der Waals surface area contributed by atoms with Crippen molar-refractivity contribution in [1.82, 2.24) is 15.0 Å². The first-order chi connectivity index (χ1) is 24.8. The average molecular weight is 640 g/mol. The van der Waals surface area contributed by atoms with Crippen LogP contribution in [0.3, 0.4) is 0 Å². The second-order valence-corrected chi connectivity index (χ2v) is 12.8. The van der Waals surface area contributed by atoms with Crippen molar-refractivity contribution < 1.29 is 4.42 Å². The molecule has 0 N–H and O–H groups in total. The van der Waals surface area contributed by atoms with E-state index in [1.165, 1.54) is 22.3 Å². The van der Waals surface area contributed by atoms with E-state index in [-0.39, 0.29) is 5.92 Å². The standard InChI is InChI=1S/C46H29N3O/c1-3-13-29(14-4-1)31-17-11-18-33(27-31)45-47-44(30-15-5-2-6-16-30)48-46(49-45)42-38-21-8-7-19-35(38)36-26-25-32(28-40(36)42)34-22-12-23-39-37-20-9-10-24-41(37)50-43(34)39/h1-28,42H. The number of hydrogen-bond acceptors (Lipinski definition) is 4. The van der Waals surface area contributed by atoms with Crippen LogP contribution >= 0.6 is 0 Å². The Hall–Kier alpha value is -6.65. The first-order valence-electron chi connectivity index (χ1n) is 16.9. The molecular weight excluding hydrogens is 611 g/mol. The minimum Gasteiger partial charge on any atom is -0.455 e. The van der Waals surface area contributed by atoms with Crippen molar-refractivity contribution in [3.63, 3.8) is 0 Å². The molecule has 0 radical (unpaired) electrons. The lowest BCUT2D eigenvalue weighted by Gasteiger charge is -2.16. The zero-order valence-electron chi connectivity index (χ0n) is 27.0. The van der Waals surface area contributed by atoms with Gasteiger partial charge < -0.3 is 4.42 Å². The molecule has 4 nitrogen and oxygen atoms in total. The number of para-hydroxylation sites is 2. The van der Waals surface area contributed by atoms with Crippen LogP contribution in [0.4, 0.5) is 0 Å². The number of nitrogens with zero attached hydrogens (tertiary/aromatic N) is 3. The van der Waals surface area contributed by atoms with Crippen molar-refractivity contribution in [2.24, 2.45) is 0 Å². The van der Waals surface area contributed by atoms with Gasteiger partial charge in [-0.05, 0) is 57.1 Å². The quantitative estimate of drug-likeness (QED) is 0.188. The van der Waals surface area contributed by atoms with Gasteiger partial charge in [-0.15, -0.1) is 0 Å². The Bertz CT molecular complexity index is 2710. The second kappa shape index (κ2) is 11.5. The molecule has 1 aliphatic rings. The van der Waals surface area contributed by atoms with Gasteiger partial charge in [0.2, 0.25) is 0 Å². The third kappa shape index (κ3) is 4.65. The summed E-state index contributed by atoms with van der Waals surface area (Å²) in [6, 6.07) is 59.1. The molecule has 234 valence electrons. The van der Waals surface area contributed by atoms with Crippen molar-refractivity contribution in [2.75, 3.05) is 0 Å². The molecule has 0 bridgehead atoms. The summed E-state index contributed by atoms with van der Waals surface area (Å²) in [5.74, 6) is 1.85. The molecule has 1 unspecified atom stereocenters. The molecule has 1 atom stereocenters. The fourth-order valence-electron chi connectivity index (χ4n) is 7.46. The Balaban J connectivity index is 1.17. The molecule has 2 heterocycles. The lowest BCUT2D eigenvalue weighted by Crippen LogP contribution is -2.09. The van der Waals surface area contributed by atoms with E-state index in [0.29, 0.717) is 11.6 Å². The summed E-state index contributed by atoms with van der Waals surface area (Å²) in [6.45, 7) is 0. The minimum absolute atomic E-state index is 0.183. The molecule has 0 saturated heterocycles. The van der Waals surface area contributed by atoms with Gasteiger partial charge in [-0.3, -0.25) is 0 Å². The molecule has 0 spiro atoms. The summed E-state index contributed by atoms with van der Waals surface area (Å²) >= 11 is 0. The average Bonchev–Trinajstić information content (AvgIpc) is 3.74. The van der Waals surface area contributed by atoms with Gasteiger partial charge >= 0.3 is 0 Å². The van der Waals surface area contributed by atoms with Crippen molar-refractivity contribution in [3.05, 3.63) is 187 Å². The molecule has 4 heteroatoms. The number of fused-ring (bicyclic) bond motifs is 6. The number of hydrogen-bond donors (Lipinski definition) is 0. The van der Waals surface area contributed by atoms with Gasteiger partial charge in [-0.25, -0.2) is 15.0 Å². The molecule has 7 aromatic carbocycles. The van der Waals surface area contributed by atoms with Crippen LogP contribution in [0.5, 0.6) is 0 Å². The summed E-state index contributed by atoms with van der Waals surface area (Å²) in [6.07, 6.45) is 0. The highest BCUT2D eigenvalue weighted by atomic mass is 16.3. The van der Waals surface area contributed by atoms with Crippen molar-refractivity contribution >= 4 is 21.9 Å². The van der Waals surface area contributed by atoms with Crippen molar-refractivity contribution in [1.29, 1.82) is 0 Å². The maximum atomic E-state index is 6.47. The Labute approximate surface area is 289 Å². The third-order valence-corrected chi connectivity index (χ3v) is 9.81. The SMILES string of the molecule is c1ccc(-c2cccc(-c3nc(-c4ccccc4)nc(C4c5ccccc5-c5ccc(-c6cccc7c6oc6ccccc67)cc54)n3)c2)cc1. The smallest absolute Gasteiger partial charge is 0.163 e. The highest BCUT2D eigenvalue weighted by molar-refractivity contribution is 6.09. The van der Waals surface area contributed by atoms with Gasteiger partial charge in [0.25, 0.3) is 0 Å². The van der Waals surface area contributed by atoms with E-state index in [4.69, 9.17) is 19.4 Å². The zero-order chi connectivity index (χ0) is 33.0. The van der Waals surface area contributed by atoms with Gasteiger partial charge in [-0.2, -0.15) is 0 Å². The van der Waals surface area contributed by atoms with E-state index in [9.17, 15) is 0 Å². The van der Waals surface area contributed by atoms with Gasteiger partial charge in [0.05, 0.1) is 5.92 Å². The molecule has 10 rings (SSSR count). The van der Waals surface area contributed by atoms with Gasteiger partial charge in [0, 0.05) is 27.5 Å². The lowest BCUT2D eigenvalue weighted by atomic mass is 9.92. The fourth-order valence-corrected chi connectivity index (χ4v) is 7.46. The maximum absolute atomic E-state index is 6.47. The zero-order valence-corrected chi connectivity index (χ0v) is 27.0. The number of rotatable bonds is 5. The molecule has 9 aromatic rings. The first kappa shape index (κ1) is 28.4. The van der Waals surface area contributed by atoms with Crippen LogP contribution in [0.1, 0.15) is 22.9 Å². The molecule has 2 aromatic heterocycles. The van der Waals surface area contributed by atoms with Crippen LogP contribution in [-0.4, -0.2) is 15.0 Å². The van der Waals surface area contributed by atoms with E-state index in [1.54, 1.807) is 0 Å². The highest BCUT2D eigenvalue weighted by Crippen LogP contribution is 2.49. The molecule has 50 heavy (non-hydrogen) atoms. The number of furan rings is 1. The largest absolute Gasteiger partial charge is 0.455 e. The van der Waals surface area contributed by atoms with Crippen LogP contribution in [0, 0.1) is 0 Å². The monoisotopic (exact) mass is 639 g/mol. The van der Waals surface area contributed by atoms with Crippen molar-refractivity contribution in [2.45, 2.75) is 5.92 Å². The van der Waals surface area contributed by atoms with E-state index < -0.39 is 0 Å². The first-order valence-corrected chi connectivity index (χ1v) is 16.9. The highest BCUT2D eigenvalue weighted by Gasteiger charge is 2.33. The summed E-state index contributed by atoms with van der Waals surface area (Å²) < 4.78 is 6.47. The topological polar surface area (TPSA) is 51.8 Å². The van der Waals surface area contributed by atoms with E-state index in [1.807, 2.05) is 36.4 Å². The molecule has 0 aliphatic heterocycles. The molecule has 1 aliphatic carbocycles. The lowest BCUT2D eigenvalue weighted by molar-refractivity contribution is 0.670. The summed E-state index contributed by atoms with van der Waals surface area (Å²) in [5, 5.41) is 2.24. The summed E-state index contributed by atoms with van der Waals surface area (Å²) in [7, 11) is 0. The van der Waals surface area contributed by atoms with Gasteiger partial charge in [0.1, 0.15) is 17.0 Å². The van der Waals surface area contributed by atoms with Crippen LogP contribution in [0.2, 0.25) is 0 Å². The predicted molar refractivity (Wildman–Crippen MR) is 202 cm³/mol. The van der Waals surface area contributed by atoms with Crippen LogP contribution in [-0.2, 0) is 0 Å². The predicted octanol–water partition coefficient (Wildman–Crippen LogP) is 11.6. The van der Waals surface area contributed by atoms with Crippen LogP contribution in [0.15, 0.2) is 174 Å². The Morgan fingerprint density at radius 3 is 1.86 bits per heavy atom. The van der Waals surface area contributed by atoms with Crippen LogP contribution in [0.25, 0.3) is 78.1 Å². The Morgan fingerprint density at radius 1 is 0.380 bits per heavy atom. The Morgan fingerprint density at radius 2 is 1.00 bits per heavy atom. The number of benzene rings is 7. The van der Waals surface area contributed by atoms with Gasteiger partial charge in [-0.1, -0.05) is 152 Å². The molecular formula is C46H29N3O. The Kier molecular flexibility index (Phi) is 6.53. The third-order valence-electron chi connectivity index (χ3n) is 9.81. The number of aromatic nitrogens is 3. The maximum Gasteiger partial charge on any atom is 0.163 e. The second-order valence-electron chi connectivity index (χ2n) is 12.8. The van der Waals surface area contributed by atoms with E-state index in [2.05, 4.69) is 133 Å². The van der Waals surface area contributed by atoms with E-state index >= 15 is 0 Å². The fraction of sp³-hybridized carbons (Fsp3) is 0.0217. The summed E-state index contributed by atoms with van der Waals surface area (Å²) in [4.78, 5) is 15.6.